The van der Waals surface area contributed by atoms with E-state index in [1.165, 1.54) is 27.8 Å². The van der Waals surface area contributed by atoms with E-state index in [1.54, 1.807) is 0 Å². The highest BCUT2D eigenvalue weighted by Crippen LogP contribution is 2.48. The molecular weight excluding hydrogens is 312 g/mol. The van der Waals surface area contributed by atoms with Gasteiger partial charge in [-0.25, -0.2) is 0 Å². The van der Waals surface area contributed by atoms with Crippen LogP contribution in [-0.4, -0.2) is 0 Å². The zero-order valence-corrected chi connectivity index (χ0v) is 14.6. The van der Waals surface area contributed by atoms with Crippen molar-refractivity contribution in [2.24, 2.45) is 0 Å². The molecule has 0 aliphatic heterocycles. The first kappa shape index (κ1) is 15.2. The Balaban J connectivity index is 1.72. The lowest BCUT2D eigenvalue weighted by Gasteiger charge is -2.21. The molecule has 0 radical (unpaired) electrons. The Morgan fingerprint density at radius 1 is 0.708 bits per heavy atom. The molecule has 3 aromatic carbocycles. The summed E-state index contributed by atoms with van der Waals surface area (Å²) < 4.78 is 0. The van der Waals surface area contributed by atoms with Gasteiger partial charge in [-0.1, -0.05) is 92.2 Å². The quantitative estimate of drug-likeness (QED) is 0.452. The van der Waals surface area contributed by atoms with Gasteiger partial charge < -0.3 is 0 Å². The van der Waals surface area contributed by atoms with Gasteiger partial charge in [0.05, 0.1) is 0 Å². The van der Waals surface area contributed by atoms with Gasteiger partial charge in [-0.3, -0.25) is 0 Å². The minimum absolute atomic E-state index is 0.0516. The zero-order valence-electron chi connectivity index (χ0n) is 13.9. The van der Waals surface area contributed by atoms with Crippen LogP contribution in [0.25, 0.3) is 23.3 Å². The summed E-state index contributed by atoms with van der Waals surface area (Å²) in [5, 5.41) is 0.768. The molecule has 3 aromatic rings. The third-order valence-electron chi connectivity index (χ3n) is 4.95. The second kappa shape index (κ2) is 5.65. The van der Waals surface area contributed by atoms with Crippen LogP contribution in [0.4, 0.5) is 0 Å². The van der Waals surface area contributed by atoms with Crippen molar-refractivity contribution in [1.82, 2.24) is 0 Å². The van der Waals surface area contributed by atoms with Crippen LogP contribution in [0.15, 0.2) is 66.7 Å². The summed E-state index contributed by atoms with van der Waals surface area (Å²) in [5.41, 5.74) is 7.98. The van der Waals surface area contributed by atoms with Gasteiger partial charge in [-0.05, 0) is 45.5 Å². The van der Waals surface area contributed by atoms with Crippen molar-refractivity contribution in [1.29, 1.82) is 0 Å². The van der Waals surface area contributed by atoms with Gasteiger partial charge in [0.15, 0.2) is 0 Å². The Bertz CT molecular complexity index is 931. The number of benzene rings is 3. The van der Waals surface area contributed by atoms with E-state index < -0.39 is 0 Å². The van der Waals surface area contributed by atoms with E-state index in [2.05, 4.69) is 68.5 Å². The molecule has 4 rings (SSSR count). The predicted octanol–water partition coefficient (Wildman–Crippen LogP) is 6.82. The molecule has 0 fully saturated rings. The van der Waals surface area contributed by atoms with Crippen LogP contribution in [0.5, 0.6) is 0 Å². The zero-order chi connectivity index (χ0) is 16.7. The van der Waals surface area contributed by atoms with E-state index in [0.717, 1.165) is 10.6 Å². The minimum atomic E-state index is 0.0516. The molecule has 24 heavy (non-hydrogen) atoms. The van der Waals surface area contributed by atoms with Crippen LogP contribution >= 0.6 is 11.6 Å². The average molecular weight is 331 g/mol. The third kappa shape index (κ3) is 2.48. The van der Waals surface area contributed by atoms with Gasteiger partial charge in [-0.15, -0.1) is 0 Å². The number of halogens is 1. The highest BCUT2D eigenvalue weighted by molar-refractivity contribution is 6.30. The van der Waals surface area contributed by atoms with Gasteiger partial charge in [0.1, 0.15) is 0 Å². The first-order valence-corrected chi connectivity index (χ1v) is 8.61. The maximum absolute atomic E-state index is 5.94. The van der Waals surface area contributed by atoms with Gasteiger partial charge in [0, 0.05) is 10.4 Å². The molecular formula is C23H19Cl. The Morgan fingerprint density at radius 3 is 2.12 bits per heavy atom. The molecule has 1 heteroatoms. The fourth-order valence-corrected chi connectivity index (χ4v) is 3.72. The molecule has 0 spiro atoms. The molecule has 0 saturated heterocycles. The van der Waals surface area contributed by atoms with E-state index in [1.807, 2.05) is 24.3 Å². The molecule has 0 bridgehead atoms. The fraction of sp³-hybridized carbons (Fsp3) is 0.130. The average Bonchev–Trinajstić information content (AvgIpc) is 2.83. The monoisotopic (exact) mass is 330 g/mol. The second-order valence-corrected chi connectivity index (χ2v) is 7.30. The predicted molar refractivity (Wildman–Crippen MR) is 104 cm³/mol. The summed E-state index contributed by atoms with van der Waals surface area (Å²) in [6.07, 6.45) is 4.30. The molecule has 0 N–H and O–H groups in total. The minimum Gasteiger partial charge on any atom is -0.0843 e. The van der Waals surface area contributed by atoms with Crippen molar-refractivity contribution in [2.75, 3.05) is 0 Å². The Hall–Kier alpha value is -2.31. The van der Waals surface area contributed by atoms with Crippen LogP contribution < -0.4 is 0 Å². The van der Waals surface area contributed by atoms with E-state index in [0.29, 0.717) is 0 Å². The molecule has 0 aromatic heterocycles. The number of rotatable bonds is 2. The lowest BCUT2D eigenvalue weighted by molar-refractivity contribution is 0.660. The molecule has 1 aliphatic carbocycles. The summed E-state index contributed by atoms with van der Waals surface area (Å²) in [6.45, 7) is 4.62. The van der Waals surface area contributed by atoms with Gasteiger partial charge in [0.2, 0.25) is 0 Å². The van der Waals surface area contributed by atoms with Crippen LogP contribution in [-0.2, 0) is 5.41 Å². The summed E-state index contributed by atoms with van der Waals surface area (Å²) in [7, 11) is 0. The lowest BCUT2D eigenvalue weighted by Crippen LogP contribution is -2.14. The van der Waals surface area contributed by atoms with E-state index in [-0.39, 0.29) is 5.41 Å². The summed E-state index contributed by atoms with van der Waals surface area (Å²) in [4.78, 5) is 0. The Kier molecular flexibility index (Phi) is 3.58. The van der Waals surface area contributed by atoms with E-state index in [9.17, 15) is 0 Å². The number of hydrogen-bond donors (Lipinski definition) is 0. The molecule has 0 amide bonds. The number of fused-ring (bicyclic) bond motifs is 3. The summed E-state index contributed by atoms with van der Waals surface area (Å²) >= 11 is 5.94. The normalized spacial score (nSPS) is 14.6. The largest absolute Gasteiger partial charge is 0.0843 e. The molecule has 0 saturated carbocycles. The highest BCUT2D eigenvalue weighted by atomic mass is 35.5. The van der Waals surface area contributed by atoms with Crippen molar-refractivity contribution in [3.63, 3.8) is 0 Å². The third-order valence-corrected chi connectivity index (χ3v) is 5.20. The standard InChI is InChI=1S/C23H19Cl/c1-23(2)21-6-4-3-5-19(21)20-14-11-17(15-22(20)23)8-7-16-9-12-18(24)13-10-16/h3-15H,1-2H3/b8-7+. The Morgan fingerprint density at radius 2 is 1.33 bits per heavy atom. The van der Waals surface area contributed by atoms with Crippen molar-refractivity contribution >= 4 is 23.8 Å². The number of hydrogen-bond acceptors (Lipinski definition) is 0. The second-order valence-electron chi connectivity index (χ2n) is 6.86. The molecule has 0 heterocycles. The van der Waals surface area contributed by atoms with Crippen molar-refractivity contribution in [3.05, 3.63) is 94.0 Å². The molecule has 0 nitrogen and oxygen atoms in total. The van der Waals surface area contributed by atoms with Gasteiger partial charge in [0.25, 0.3) is 0 Å². The Labute approximate surface area is 148 Å². The highest BCUT2D eigenvalue weighted by Gasteiger charge is 2.34. The molecule has 0 atom stereocenters. The van der Waals surface area contributed by atoms with E-state index in [4.69, 9.17) is 11.6 Å². The van der Waals surface area contributed by atoms with Crippen LogP contribution in [0.1, 0.15) is 36.1 Å². The summed E-state index contributed by atoms with van der Waals surface area (Å²) in [6, 6.07) is 23.4. The fourth-order valence-electron chi connectivity index (χ4n) is 3.59. The maximum atomic E-state index is 5.94. The summed E-state index contributed by atoms with van der Waals surface area (Å²) in [5.74, 6) is 0. The van der Waals surface area contributed by atoms with Crippen LogP contribution in [0.2, 0.25) is 5.02 Å². The first-order chi connectivity index (χ1) is 11.6. The topological polar surface area (TPSA) is 0 Å². The van der Waals surface area contributed by atoms with Gasteiger partial charge in [-0.2, -0.15) is 0 Å². The lowest BCUT2D eigenvalue weighted by atomic mass is 9.82. The van der Waals surface area contributed by atoms with Crippen molar-refractivity contribution in [2.45, 2.75) is 19.3 Å². The van der Waals surface area contributed by atoms with Gasteiger partial charge >= 0.3 is 0 Å². The van der Waals surface area contributed by atoms with Crippen molar-refractivity contribution in [3.8, 4) is 11.1 Å². The molecule has 1 aliphatic rings. The van der Waals surface area contributed by atoms with E-state index >= 15 is 0 Å². The maximum Gasteiger partial charge on any atom is 0.0406 e. The van der Waals surface area contributed by atoms with Crippen LogP contribution in [0, 0.1) is 0 Å². The first-order valence-electron chi connectivity index (χ1n) is 8.24. The molecule has 0 unspecified atom stereocenters. The smallest absolute Gasteiger partial charge is 0.0406 e. The van der Waals surface area contributed by atoms with Crippen molar-refractivity contribution < 1.29 is 0 Å². The molecule has 118 valence electrons. The SMILES string of the molecule is CC1(C)c2ccccc2-c2ccc(/C=C/c3ccc(Cl)cc3)cc21. The van der Waals surface area contributed by atoms with Crippen LogP contribution in [0.3, 0.4) is 0 Å².